The lowest BCUT2D eigenvalue weighted by Crippen LogP contribution is -2.01. The highest BCUT2D eigenvalue weighted by Crippen LogP contribution is 2.26. The van der Waals surface area contributed by atoms with E-state index >= 15 is 0 Å². The van der Waals surface area contributed by atoms with E-state index < -0.39 is 5.97 Å². The molecule has 5 heteroatoms. The Morgan fingerprint density at radius 2 is 2.00 bits per heavy atom. The number of aromatic nitrogens is 2. The van der Waals surface area contributed by atoms with Gasteiger partial charge in [0.15, 0.2) is 0 Å². The van der Waals surface area contributed by atoms with Crippen LogP contribution in [0.1, 0.15) is 15.9 Å². The van der Waals surface area contributed by atoms with E-state index in [1.165, 1.54) is 19.4 Å². The fourth-order valence-electron chi connectivity index (χ4n) is 2.28. The number of rotatable bonds is 3. The number of methoxy groups -OCH3 is 1. The number of hydrogen-bond acceptors (Lipinski definition) is 4. The molecule has 112 valence electrons. The van der Waals surface area contributed by atoms with Crippen LogP contribution in [0.3, 0.4) is 0 Å². The summed E-state index contributed by atoms with van der Waals surface area (Å²) in [7, 11) is 1.49. The molecule has 1 aromatic carbocycles. The Bertz CT molecular complexity index is 941. The molecule has 0 saturated carbocycles. The van der Waals surface area contributed by atoms with Crippen LogP contribution in [0.5, 0.6) is 5.88 Å². The second kappa shape index (κ2) is 5.78. The topological polar surface area (TPSA) is 72.3 Å². The van der Waals surface area contributed by atoms with E-state index in [4.69, 9.17) is 11.2 Å². The third kappa shape index (κ3) is 2.70. The predicted octanol–water partition coefficient (Wildman–Crippen LogP) is 2.98. The van der Waals surface area contributed by atoms with Gasteiger partial charge in [0.25, 0.3) is 0 Å². The first-order valence-electron chi connectivity index (χ1n) is 6.77. The van der Waals surface area contributed by atoms with Gasteiger partial charge in [0.2, 0.25) is 5.88 Å². The van der Waals surface area contributed by atoms with Crippen LogP contribution in [0.2, 0.25) is 0 Å². The molecule has 0 fully saturated rings. The van der Waals surface area contributed by atoms with Crippen molar-refractivity contribution < 1.29 is 14.6 Å². The Balaban J connectivity index is 2.24. The SMILES string of the molecule is C#Cc1ccc(-c2cc(C(=O)O)c3cnc(OC)cc3n2)cc1. The van der Waals surface area contributed by atoms with Gasteiger partial charge in [-0.05, 0) is 18.2 Å². The standard InChI is InChI=1S/C18H12N2O3/c1-3-11-4-6-12(7-5-11)15-8-13(18(21)22)14-10-19-17(23-2)9-16(14)20-15/h1,4-10H,2H3,(H,21,22). The number of carboxylic acid groups (broad SMARTS) is 1. The number of carboxylic acids is 1. The first-order valence-corrected chi connectivity index (χ1v) is 6.77. The van der Waals surface area contributed by atoms with Gasteiger partial charge in [-0.1, -0.05) is 18.1 Å². The fraction of sp³-hybridized carbons (Fsp3) is 0.0556. The number of pyridine rings is 2. The van der Waals surface area contributed by atoms with Gasteiger partial charge in [0, 0.05) is 28.8 Å². The van der Waals surface area contributed by atoms with E-state index in [1.54, 1.807) is 18.2 Å². The molecular weight excluding hydrogens is 292 g/mol. The summed E-state index contributed by atoms with van der Waals surface area (Å²) in [4.78, 5) is 20.1. The molecule has 0 unspecified atom stereocenters. The van der Waals surface area contributed by atoms with Gasteiger partial charge < -0.3 is 9.84 Å². The predicted molar refractivity (Wildman–Crippen MR) is 86.4 cm³/mol. The van der Waals surface area contributed by atoms with Crippen molar-refractivity contribution >= 4 is 16.9 Å². The molecule has 0 aliphatic carbocycles. The molecule has 2 aromatic heterocycles. The number of aromatic carboxylic acids is 1. The molecule has 0 spiro atoms. The minimum atomic E-state index is -1.04. The number of fused-ring (bicyclic) bond motifs is 1. The number of ether oxygens (including phenoxy) is 1. The monoisotopic (exact) mass is 304 g/mol. The molecule has 0 atom stereocenters. The van der Waals surface area contributed by atoms with E-state index in [1.807, 2.05) is 12.1 Å². The Morgan fingerprint density at radius 3 is 2.61 bits per heavy atom. The largest absolute Gasteiger partial charge is 0.481 e. The molecule has 23 heavy (non-hydrogen) atoms. The zero-order valence-corrected chi connectivity index (χ0v) is 12.3. The van der Waals surface area contributed by atoms with Gasteiger partial charge in [-0.3, -0.25) is 0 Å². The molecule has 5 nitrogen and oxygen atoms in total. The van der Waals surface area contributed by atoms with E-state index in [0.717, 1.165) is 11.1 Å². The first kappa shape index (κ1) is 14.5. The lowest BCUT2D eigenvalue weighted by molar-refractivity contribution is 0.0699. The fourth-order valence-corrected chi connectivity index (χ4v) is 2.28. The maximum absolute atomic E-state index is 11.5. The molecule has 3 rings (SSSR count). The average Bonchev–Trinajstić information content (AvgIpc) is 2.60. The first-order chi connectivity index (χ1) is 11.1. The third-order valence-electron chi connectivity index (χ3n) is 3.46. The van der Waals surface area contributed by atoms with Gasteiger partial charge in [0.05, 0.1) is 23.9 Å². The number of carbonyl (C=O) groups is 1. The van der Waals surface area contributed by atoms with E-state index in [0.29, 0.717) is 22.5 Å². The van der Waals surface area contributed by atoms with Gasteiger partial charge in [-0.25, -0.2) is 14.8 Å². The van der Waals surface area contributed by atoms with Crippen molar-refractivity contribution in [1.29, 1.82) is 0 Å². The quantitative estimate of drug-likeness (QED) is 0.753. The molecule has 0 amide bonds. The molecule has 0 bridgehead atoms. The van der Waals surface area contributed by atoms with E-state index in [9.17, 15) is 9.90 Å². The number of nitrogens with zero attached hydrogens (tertiary/aromatic N) is 2. The van der Waals surface area contributed by atoms with Crippen LogP contribution in [0, 0.1) is 12.3 Å². The minimum absolute atomic E-state index is 0.140. The van der Waals surface area contributed by atoms with E-state index in [2.05, 4.69) is 15.9 Å². The van der Waals surface area contributed by atoms with Crippen LogP contribution in [0.4, 0.5) is 0 Å². The number of hydrogen-bond donors (Lipinski definition) is 1. The molecule has 0 aliphatic heterocycles. The average molecular weight is 304 g/mol. The van der Waals surface area contributed by atoms with E-state index in [-0.39, 0.29) is 5.56 Å². The van der Waals surface area contributed by atoms with Crippen molar-refractivity contribution in [1.82, 2.24) is 9.97 Å². The van der Waals surface area contributed by atoms with Crippen LogP contribution >= 0.6 is 0 Å². The summed E-state index contributed by atoms with van der Waals surface area (Å²) in [5, 5.41) is 9.91. The minimum Gasteiger partial charge on any atom is -0.481 e. The highest BCUT2D eigenvalue weighted by molar-refractivity contribution is 6.03. The van der Waals surface area contributed by atoms with Crippen LogP contribution < -0.4 is 4.74 Å². The number of benzene rings is 1. The number of terminal acetylenes is 1. The van der Waals surface area contributed by atoms with Crippen molar-refractivity contribution in [3.63, 3.8) is 0 Å². The molecule has 0 aliphatic rings. The van der Waals surface area contributed by atoms with Crippen molar-refractivity contribution in [3.05, 3.63) is 53.7 Å². The van der Waals surface area contributed by atoms with Crippen molar-refractivity contribution in [2.75, 3.05) is 7.11 Å². The van der Waals surface area contributed by atoms with Gasteiger partial charge in [-0.2, -0.15) is 0 Å². The van der Waals surface area contributed by atoms with Gasteiger partial charge >= 0.3 is 5.97 Å². The molecular formula is C18H12N2O3. The maximum atomic E-state index is 11.5. The zero-order valence-electron chi connectivity index (χ0n) is 12.3. The lowest BCUT2D eigenvalue weighted by atomic mass is 10.0. The van der Waals surface area contributed by atoms with Crippen molar-refractivity contribution in [2.45, 2.75) is 0 Å². The summed E-state index contributed by atoms with van der Waals surface area (Å²) >= 11 is 0. The van der Waals surface area contributed by atoms with Crippen LogP contribution in [0.25, 0.3) is 22.2 Å². The highest BCUT2D eigenvalue weighted by Gasteiger charge is 2.14. The molecule has 1 N–H and O–H groups in total. The summed E-state index contributed by atoms with van der Waals surface area (Å²) in [5.41, 5.74) is 2.73. The summed E-state index contributed by atoms with van der Waals surface area (Å²) in [5.74, 6) is 1.88. The smallest absolute Gasteiger partial charge is 0.336 e. The van der Waals surface area contributed by atoms with Crippen LogP contribution in [-0.2, 0) is 0 Å². The lowest BCUT2D eigenvalue weighted by Gasteiger charge is -2.08. The Kier molecular flexibility index (Phi) is 3.65. The van der Waals surface area contributed by atoms with Crippen LogP contribution in [-0.4, -0.2) is 28.2 Å². The Hall–Kier alpha value is -3.39. The van der Waals surface area contributed by atoms with Gasteiger partial charge in [0.1, 0.15) is 0 Å². The Morgan fingerprint density at radius 1 is 1.26 bits per heavy atom. The zero-order chi connectivity index (χ0) is 16.4. The molecule has 0 radical (unpaired) electrons. The molecule has 3 aromatic rings. The molecule has 0 saturated heterocycles. The second-order valence-electron chi connectivity index (χ2n) is 4.83. The summed E-state index contributed by atoms with van der Waals surface area (Å²) in [6.07, 6.45) is 6.80. The third-order valence-corrected chi connectivity index (χ3v) is 3.46. The summed E-state index contributed by atoms with van der Waals surface area (Å²) in [6.45, 7) is 0. The Labute approximate surface area is 132 Å². The van der Waals surface area contributed by atoms with Crippen molar-refractivity contribution in [3.8, 4) is 29.5 Å². The molecule has 2 heterocycles. The maximum Gasteiger partial charge on any atom is 0.336 e. The normalized spacial score (nSPS) is 10.3. The van der Waals surface area contributed by atoms with Gasteiger partial charge in [-0.15, -0.1) is 6.42 Å². The highest BCUT2D eigenvalue weighted by atomic mass is 16.5. The summed E-state index contributed by atoms with van der Waals surface area (Å²) < 4.78 is 5.08. The van der Waals surface area contributed by atoms with Crippen molar-refractivity contribution in [2.24, 2.45) is 0 Å². The summed E-state index contributed by atoms with van der Waals surface area (Å²) in [6, 6.07) is 10.3. The second-order valence-corrected chi connectivity index (χ2v) is 4.83. The van der Waals surface area contributed by atoms with Crippen LogP contribution in [0.15, 0.2) is 42.6 Å².